The lowest BCUT2D eigenvalue weighted by atomic mass is 10.1. The van der Waals surface area contributed by atoms with Crippen LogP contribution >= 0.6 is 0 Å². The normalized spacial score (nSPS) is 12.0. The fraction of sp³-hybridized carbons (Fsp3) is 0.533. The highest BCUT2D eigenvalue weighted by Crippen LogP contribution is 2.19. The lowest BCUT2D eigenvalue weighted by Gasteiger charge is -2.19. The van der Waals surface area contributed by atoms with E-state index in [9.17, 15) is 9.90 Å². The minimum atomic E-state index is -0.437. The molecule has 1 atom stereocenters. The number of benzene rings is 1. The molecule has 4 nitrogen and oxygen atoms in total. The van der Waals surface area contributed by atoms with Gasteiger partial charge in [0.05, 0.1) is 12.7 Å². The van der Waals surface area contributed by atoms with Gasteiger partial charge < -0.3 is 14.7 Å². The zero-order chi connectivity index (χ0) is 14.3. The highest BCUT2D eigenvalue weighted by atomic mass is 16.5. The van der Waals surface area contributed by atoms with Crippen LogP contribution in [0.4, 0.5) is 0 Å². The second-order valence-corrected chi connectivity index (χ2v) is 4.68. The number of rotatable bonds is 7. The van der Waals surface area contributed by atoms with Crippen LogP contribution in [-0.4, -0.2) is 35.7 Å². The monoisotopic (exact) mass is 265 g/mol. The van der Waals surface area contributed by atoms with Crippen molar-refractivity contribution in [3.63, 3.8) is 0 Å². The van der Waals surface area contributed by atoms with Gasteiger partial charge in [-0.2, -0.15) is 0 Å². The Bertz CT molecular complexity index is 404. The third-order valence-corrected chi connectivity index (χ3v) is 2.88. The van der Waals surface area contributed by atoms with Crippen molar-refractivity contribution in [1.29, 1.82) is 0 Å². The van der Waals surface area contributed by atoms with Gasteiger partial charge in [-0.15, -0.1) is 0 Å². The summed E-state index contributed by atoms with van der Waals surface area (Å²) in [5, 5.41) is 9.20. The Kier molecular flexibility index (Phi) is 6.36. The highest BCUT2D eigenvalue weighted by molar-refractivity contribution is 5.75. The van der Waals surface area contributed by atoms with Crippen molar-refractivity contribution < 1.29 is 14.6 Å². The summed E-state index contributed by atoms with van der Waals surface area (Å²) >= 11 is 0. The molecule has 0 aliphatic rings. The number of aliphatic hydroxyl groups excluding tert-OH is 1. The summed E-state index contributed by atoms with van der Waals surface area (Å²) in [7, 11) is 1.77. The zero-order valence-electron chi connectivity index (χ0n) is 11.9. The number of hydrogen-bond acceptors (Lipinski definition) is 3. The Morgan fingerprint density at radius 3 is 2.74 bits per heavy atom. The topological polar surface area (TPSA) is 49.8 Å². The first-order valence-electron chi connectivity index (χ1n) is 6.67. The summed E-state index contributed by atoms with van der Waals surface area (Å²) in [6, 6.07) is 7.73. The maximum atomic E-state index is 11.9. The average molecular weight is 265 g/mol. The number of nitrogens with zero attached hydrogens (tertiary/aromatic N) is 1. The maximum absolute atomic E-state index is 11.9. The lowest BCUT2D eigenvalue weighted by Crippen LogP contribution is -2.27. The van der Waals surface area contributed by atoms with Crippen LogP contribution in [0.2, 0.25) is 0 Å². The Morgan fingerprint density at radius 2 is 2.11 bits per heavy atom. The number of amides is 1. The van der Waals surface area contributed by atoms with Crippen molar-refractivity contribution in [2.24, 2.45) is 0 Å². The van der Waals surface area contributed by atoms with Gasteiger partial charge >= 0.3 is 0 Å². The molecule has 1 rings (SSSR count). The molecule has 0 aliphatic heterocycles. The fourth-order valence-electron chi connectivity index (χ4n) is 1.80. The van der Waals surface area contributed by atoms with Gasteiger partial charge in [0, 0.05) is 25.6 Å². The van der Waals surface area contributed by atoms with Crippen molar-refractivity contribution >= 4 is 5.91 Å². The standard InChI is InChI=1S/C15H23NO3/c1-4-19-14-8-6-5-7-13(14)11-16(3)15(18)10-9-12(2)17/h5-8,12,17H,4,9-11H2,1-3H3. The van der Waals surface area contributed by atoms with Gasteiger partial charge in [-0.3, -0.25) is 4.79 Å². The van der Waals surface area contributed by atoms with E-state index in [1.165, 1.54) is 0 Å². The number of carbonyl (C=O) groups is 1. The van der Waals surface area contributed by atoms with Gasteiger partial charge in [0.1, 0.15) is 5.75 Å². The first-order valence-corrected chi connectivity index (χ1v) is 6.67. The number of aliphatic hydroxyl groups is 1. The van der Waals surface area contributed by atoms with Gasteiger partial charge in [0.25, 0.3) is 0 Å². The number of ether oxygens (including phenoxy) is 1. The van der Waals surface area contributed by atoms with Crippen molar-refractivity contribution in [1.82, 2.24) is 4.90 Å². The molecular formula is C15H23NO3. The largest absolute Gasteiger partial charge is 0.494 e. The van der Waals surface area contributed by atoms with E-state index in [1.807, 2.05) is 31.2 Å². The first kappa shape index (κ1) is 15.5. The predicted octanol–water partition coefficient (Wildman–Crippen LogP) is 2.20. The first-order chi connectivity index (χ1) is 9.04. The van der Waals surface area contributed by atoms with Crippen LogP contribution in [0.3, 0.4) is 0 Å². The van der Waals surface area contributed by atoms with Crippen LogP contribution in [0.15, 0.2) is 24.3 Å². The van der Waals surface area contributed by atoms with E-state index in [0.29, 0.717) is 26.0 Å². The number of hydrogen-bond donors (Lipinski definition) is 1. The van der Waals surface area contributed by atoms with Crippen LogP contribution in [0.1, 0.15) is 32.3 Å². The molecule has 1 amide bonds. The second-order valence-electron chi connectivity index (χ2n) is 4.68. The molecule has 0 bridgehead atoms. The molecule has 1 aromatic carbocycles. The summed E-state index contributed by atoms with van der Waals surface area (Å²) in [5.74, 6) is 0.854. The third kappa shape index (κ3) is 5.30. The molecule has 1 N–H and O–H groups in total. The SMILES string of the molecule is CCOc1ccccc1CN(C)C(=O)CCC(C)O. The molecule has 0 aromatic heterocycles. The Morgan fingerprint density at radius 1 is 1.42 bits per heavy atom. The van der Waals surface area contributed by atoms with Crippen LogP contribution in [0.5, 0.6) is 5.75 Å². The third-order valence-electron chi connectivity index (χ3n) is 2.88. The molecule has 0 saturated heterocycles. The smallest absolute Gasteiger partial charge is 0.222 e. The summed E-state index contributed by atoms with van der Waals surface area (Å²) in [5.41, 5.74) is 0.997. The number of carbonyl (C=O) groups excluding carboxylic acids is 1. The molecule has 0 spiro atoms. The van der Waals surface area contributed by atoms with E-state index in [2.05, 4.69) is 0 Å². The van der Waals surface area contributed by atoms with Crippen molar-refractivity contribution in [3.8, 4) is 5.75 Å². The molecule has 1 aromatic rings. The molecule has 106 valence electrons. The summed E-state index contributed by atoms with van der Waals surface area (Å²) in [6.07, 6.45) is 0.425. The Balaban J connectivity index is 2.60. The van der Waals surface area contributed by atoms with Gasteiger partial charge in [0.2, 0.25) is 5.91 Å². The van der Waals surface area contributed by atoms with E-state index < -0.39 is 6.10 Å². The van der Waals surface area contributed by atoms with Crippen molar-refractivity contribution in [2.75, 3.05) is 13.7 Å². The van der Waals surface area contributed by atoms with Crippen LogP contribution < -0.4 is 4.74 Å². The molecule has 0 heterocycles. The van der Waals surface area contributed by atoms with Crippen LogP contribution in [-0.2, 0) is 11.3 Å². The van der Waals surface area contributed by atoms with Gasteiger partial charge in [-0.05, 0) is 26.3 Å². The second kappa shape index (κ2) is 7.79. The Labute approximate surface area is 115 Å². The molecule has 0 fully saturated rings. The van der Waals surface area contributed by atoms with Gasteiger partial charge in [-0.1, -0.05) is 18.2 Å². The predicted molar refractivity (Wildman–Crippen MR) is 75.0 cm³/mol. The zero-order valence-corrected chi connectivity index (χ0v) is 11.9. The summed E-state index contributed by atoms with van der Waals surface area (Å²) in [6.45, 7) is 4.76. The molecule has 1 unspecified atom stereocenters. The van der Waals surface area contributed by atoms with Gasteiger partial charge in [-0.25, -0.2) is 0 Å². The minimum absolute atomic E-state index is 0.0344. The minimum Gasteiger partial charge on any atom is -0.494 e. The quantitative estimate of drug-likeness (QED) is 0.822. The van der Waals surface area contributed by atoms with Crippen molar-refractivity contribution in [2.45, 2.75) is 39.3 Å². The summed E-state index contributed by atoms with van der Waals surface area (Å²) < 4.78 is 5.54. The average Bonchev–Trinajstić information content (AvgIpc) is 2.38. The van der Waals surface area contributed by atoms with E-state index in [1.54, 1.807) is 18.9 Å². The van der Waals surface area contributed by atoms with E-state index in [-0.39, 0.29) is 5.91 Å². The maximum Gasteiger partial charge on any atom is 0.222 e. The molecule has 19 heavy (non-hydrogen) atoms. The van der Waals surface area contributed by atoms with Crippen LogP contribution in [0.25, 0.3) is 0 Å². The molecule has 0 saturated carbocycles. The van der Waals surface area contributed by atoms with E-state index in [0.717, 1.165) is 11.3 Å². The highest BCUT2D eigenvalue weighted by Gasteiger charge is 2.12. The van der Waals surface area contributed by atoms with E-state index in [4.69, 9.17) is 4.74 Å². The van der Waals surface area contributed by atoms with Gasteiger partial charge in [0.15, 0.2) is 0 Å². The fourth-order valence-corrected chi connectivity index (χ4v) is 1.80. The summed E-state index contributed by atoms with van der Waals surface area (Å²) in [4.78, 5) is 13.6. The number of para-hydroxylation sites is 1. The lowest BCUT2D eigenvalue weighted by molar-refractivity contribution is -0.131. The van der Waals surface area contributed by atoms with E-state index >= 15 is 0 Å². The molecular weight excluding hydrogens is 242 g/mol. The Hall–Kier alpha value is -1.55. The van der Waals surface area contributed by atoms with Crippen LogP contribution in [0, 0.1) is 0 Å². The van der Waals surface area contributed by atoms with Crippen molar-refractivity contribution in [3.05, 3.63) is 29.8 Å². The molecule has 0 radical (unpaired) electrons. The molecule has 4 heteroatoms. The molecule has 0 aliphatic carbocycles.